The summed E-state index contributed by atoms with van der Waals surface area (Å²) in [5.74, 6) is -4.69. The summed E-state index contributed by atoms with van der Waals surface area (Å²) >= 11 is 0. The maximum atomic E-state index is 14.3. The third kappa shape index (κ3) is 18.5. The van der Waals surface area contributed by atoms with Crippen LogP contribution in [0.3, 0.4) is 0 Å². The molecule has 480 valence electrons. The number of aliphatic hydroxyl groups excluding tert-OH is 3. The van der Waals surface area contributed by atoms with Gasteiger partial charge in [0.05, 0.1) is 24.3 Å². The molecule has 23 nitrogen and oxygen atoms in total. The van der Waals surface area contributed by atoms with Gasteiger partial charge in [0.1, 0.15) is 36.7 Å². The molecule has 4 aromatic carbocycles. The van der Waals surface area contributed by atoms with E-state index in [0.717, 1.165) is 22.4 Å². The number of aliphatic carboxylic acids is 2. The van der Waals surface area contributed by atoms with Crippen LogP contribution in [0.25, 0.3) is 12.2 Å². The number of rotatable bonds is 26. The summed E-state index contributed by atoms with van der Waals surface area (Å²) in [6.45, 7) is 14.1. The number of carbonyl (C=O) groups excluding carboxylic acids is 6. The number of nitrogens with one attached hydrogen (secondary N) is 5. The monoisotopic (exact) mass is 1230 g/mol. The first kappa shape index (κ1) is 69.6. The van der Waals surface area contributed by atoms with Gasteiger partial charge in [-0.05, 0) is 96.3 Å². The fourth-order valence-corrected chi connectivity index (χ4v) is 10.6. The van der Waals surface area contributed by atoms with Crippen molar-refractivity contribution in [2.24, 2.45) is 11.3 Å². The van der Waals surface area contributed by atoms with Crippen molar-refractivity contribution < 1.29 is 78.1 Å². The molecule has 6 amide bonds. The Morgan fingerprint density at radius 1 is 0.775 bits per heavy atom. The summed E-state index contributed by atoms with van der Waals surface area (Å²) in [5, 5.41) is 65.0. The first-order valence-electron chi connectivity index (χ1n) is 29.6. The van der Waals surface area contributed by atoms with E-state index in [9.17, 15) is 63.9 Å². The fraction of sp³-hybridized carbons (Fsp3) is 0.455. The molecule has 1 saturated heterocycles. The molecule has 4 aromatic rings. The highest BCUT2D eigenvalue weighted by Gasteiger charge is 2.48. The van der Waals surface area contributed by atoms with Crippen LogP contribution in [0.5, 0.6) is 5.75 Å². The van der Waals surface area contributed by atoms with Crippen molar-refractivity contribution in [2.45, 2.75) is 161 Å². The van der Waals surface area contributed by atoms with E-state index in [0.29, 0.717) is 36.2 Å². The average Bonchev–Trinajstić information content (AvgIpc) is 1.21. The number of unbranched alkanes of at least 4 members (excludes halogenated alkanes) is 1. The molecule has 0 aromatic heterocycles. The minimum absolute atomic E-state index is 0.0206. The number of ether oxygens (including phenoxy) is 3. The van der Waals surface area contributed by atoms with Crippen LogP contribution in [0, 0.1) is 11.3 Å². The predicted molar refractivity (Wildman–Crippen MR) is 333 cm³/mol. The molecule has 0 unspecified atom stereocenters. The van der Waals surface area contributed by atoms with Crippen molar-refractivity contribution in [3.05, 3.63) is 136 Å². The molecular weight excluding hydrogens is 1150 g/mol. The van der Waals surface area contributed by atoms with Crippen molar-refractivity contribution >= 4 is 71.1 Å². The van der Waals surface area contributed by atoms with Gasteiger partial charge in [-0.15, -0.1) is 0 Å². The zero-order chi connectivity index (χ0) is 65.5. The number of hydrogen-bond donors (Lipinski definition) is 10. The molecule has 1 fully saturated rings. The Morgan fingerprint density at radius 3 is 2.11 bits per heavy atom. The van der Waals surface area contributed by atoms with E-state index >= 15 is 0 Å². The highest BCUT2D eigenvalue weighted by Crippen LogP contribution is 2.34. The SMILES string of the molecule is CN[C@H](C(=O)N[C@H](C(=O)N(C)[C@H](/C=C(\C)C(=O)O)C(C)C)C(C)(C)C)C(C)(C)c1cccc(NC(=O)OCc2ccc(O[C@@H]3O[C@H](C(=O)O)[C@@H](O)[C@H](O)[C@H]3O)c(CNC(=O)CCNC(=O)CCCCC(=O)N3Cc4ccccc4/C=C\c4ccccc43)c2)c1. The normalized spacial score (nSPS) is 18.9. The Labute approximate surface area is 518 Å². The third-order valence-corrected chi connectivity index (χ3v) is 15.9. The van der Waals surface area contributed by atoms with E-state index in [4.69, 9.17) is 14.2 Å². The molecule has 2 heterocycles. The second-order valence-corrected chi connectivity index (χ2v) is 24.3. The lowest BCUT2D eigenvalue weighted by Gasteiger charge is -2.40. The van der Waals surface area contributed by atoms with Crippen LogP contribution >= 0.6 is 0 Å². The number of carboxylic acid groups (broad SMARTS) is 2. The smallest absolute Gasteiger partial charge is 0.411 e. The van der Waals surface area contributed by atoms with Crippen LogP contribution in [-0.4, -0.2) is 147 Å². The lowest BCUT2D eigenvalue weighted by atomic mass is 9.76. The molecule has 0 saturated carbocycles. The molecule has 0 bridgehead atoms. The summed E-state index contributed by atoms with van der Waals surface area (Å²) in [7, 11) is 3.20. The van der Waals surface area contributed by atoms with E-state index in [2.05, 4.69) is 26.6 Å². The molecule has 0 spiro atoms. The number of para-hydroxylation sites is 1. The quantitative estimate of drug-likeness (QED) is 0.0254. The van der Waals surface area contributed by atoms with Gasteiger partial charge in [-0.3, -0.25) is 29.3 Å². The van der Waals surface area contributed by atoms with Crippen LogP contribution in [0.15, 0.2) is 103 Å². The zero-order valence-electron chi connectivity index (χ0n) is 52.1. The molecule has 0 radical (unpaired) electrons. The number of aliphatic hydroxyl groups is 3. The highest BCUT2D eigenvalue weighted by molar-refractivity contribution is 5.97. The van der Waals surface area contributed by atoms with Crippen molar-refractivity contribution in [3.8, 4) is 5.75 Å². The Hall–Kier alpha value is -8.48. The summed E-state index contributed by atoms with van der Waals surface area (Å²) in [6, 6.07) is 24.2. The van der Waals surface area contributed by atoms with Crippen LogP contribution in [0.4, 0.5) is 16.2 Å². The average molecular weight is 1230 g/mol. The topological polar surface area (TPSA) is 332 Å². The fourth-order valence-electron chi connectivity index (χ4n) is 10.6. The maximum absolute atomic E-state index is 14.3. The molecular formula is C66H85N7O16. The van der Waals surface area contributed by atoms with E-state index in [1.165, 1.54) is 36.1 Å². The highest BCUT2D eigenvalue weighted by atomic mass is 16.7. The Bertz CT molecular complexity index is 3270. The first-order valence-corrected chi connectivity index (χ1v) is 29.6. The van der Waals surface area contributed by atoms with E-state index in [-0.39, 0.29) is 73.6 Å². The molecule has 10 N–H and O–H groups in total. The standard InChI is InChI=1S/C66H85N7O16/c1-38(2)48(32-39(3)61(82)83)72(10)60(81)58(65(4,5)6)71-59(80)57(67-9)66(7,8)45-21-17-22-46(34-45)70-64(86)87-37-40-26-29-49(88-63-55(79)53(77)54(78)56(89-63)62(84)85)44(33-40)35-69-51(75)30-31-68-50(74)24-15-16-25-52(76)73-36-43-20-12-11-18-41(43)27-28-42-19-13-14-23-47(42)73/h11-14,17-23,26-29,32-34,38,48,53-58,63,67,77-79H,15-16,24-25,30-31,35-37H2,1-10H3,(H,68,74)(H,69,75)(H,70,86)(H,71,80)(H,82,83)(H,84,85)/b28-27-,39-32+/t48-,53+,54+,55-,56+,57-,58-,63-/m1/s1. The van der Waals surface area contributed by atoms with Gasteiger partial charge in [-0.25, -0.2) is 14.4 Å². The van der Waals surface area contributed by atoms with Crippen molar-refractivity contribution in [1.29, 1.82) is 0 Å². The van der Waals surface area contributed by atoms with Crippen molar-refractivity contribution in [3.63, 3.8) is 0 Å². The number of carbonyl (C=O) groups is 8. The number of anilines is 2. The van der Waals surface area contributed by atoms with Gasteiger partial charge in [0.15, 0.2) is 6.10 Å². The van der Waals surface area contributed by atoms with E-state index < -0.39 is 95.4 Å². The van der Waals surface area contributed by atoms with Gasteiger partial charge in [0.2, 0.25) is 35.8 Å². The van der Waals surface area contributed by atoms with Gasteiger partial charge in [0, 0.05) is 61.6 Å². The number of fused-ring (bicyclic) bond motifs is 2. The molecule has 2 aliphatic rings. The number of likely N-dealkylation sites (N-methyl/N-ethyl adjacent to an activating group) is 2. The molecule has 23 heteroatoms. The molecule has 6 rings (SSSR count). The van der Waals surface area contributed by atoms with Crippen LogP contribution in [-0.2, 0) is 68.1 Å². The van der Waals surface area contributed by atoms with Gasteiger partial charge >= 0.3 is 18.0 Å². The molecule has 0 aliphatic carbocycles. The van der Waals surface area contributed by atoms with Crippen LogP contribution < -0.4 is 36.2 Å². The Balaban J connectivity index is 1.06. The summed E-state index contributed by atoms with van der Waals surface area (Å²) in [5.41, 5.74) is 3.67. The minimum atomic E-state index is -1.98. The first-order chi connectivity index (χ1) is 42.0. The van der Waals surface area contributed by atoms with Gasteiger partial charge < -0.3 is 70.8 Å². The maximum Gasteiger partial charge on any atom is 0.411 e. The molecule has 89 heavy (non-hydrogen) atoms. The van der Waals surface area contributed by atoms with Crippen LogP contribution in [0.1, 0.15) is 121 Å². The summed E-state index contributed by atoms with van der Waals surface area (Å²) < 4.78 is 16.8. The third-order valence-electron chi connectivity index (χ3n) is 15.9. The summed E-state index contributed by atoms with van der Waals surface area (Å²) in [6.07, 6.45) is -3.84. The minimum Gasteiger partial charge on any atom is -0.479 e. The van der Waals surface area contributed by atoms with Gasteiger partial charge in [-0.2, -0.15) is 0 Å². The van der Waals surface area contributed by atoms with Crippen LogP contribution in [0.2, 0.25) is 0 Å². The largest absolute Gasteiger partial charge is 0.479 e. The second kappa shape index (κ2) is 31.1. The zero-order valence-corrected chi connectivity index (χ0v) is 52.1. The number of benzene rings is 4. The van der Waals surface area contributed by atoms with Crippen molar-refractivity contribution in [2.75, 3.05) is 30.9 Å². The Kier molecular flexibility index (Phi) is 24.3. The number of amides is 6. The molecule has 8 atom stereocenters. The van der Waals surface area contributed by atoms with Gasteiger partial charge in [-0.1, -0.05) is 127 Å². The van der Waals surface area contributed by atoms with Crippen molar-refractivity contribution in [1.82, 2.24) is 26.2 Å². The lowest BCUT2D eigenvalue weighted by molar-refractivity contribution is -0.271. The lowest BCUT2D eigenvalue weighted by Crippen LogP contribution is -2.61. The number of hydrogen-bond acceptors (Lipinski definition) is 15. The predicted octanol–water partition coefficient (Wildman–Crippen LogP) is 6.02. The van der Waals surface area contributed by atoms with E-state index in [1.807, 2.05) is 109 Å². The number of nitrogens with zero attached hydrogens (tertiary/aromatic N) is 2. The molecule has 2 aliphatic heterocycles. The Morgan fingerprint density at radius 2 is 1.44 bits per heavy atom. The summed E-state index contributed by atoms with van der Waals surface area (Å²) in [4.78, 5) is 108. The van der Waals surface area contributed by atoms with E-state index in [1.54, 1.807) is 43.3 Å². The van der Waals surface area contributed by atoms with Gasteiger partial charge in [0.25, 0.3) is 0 Å². The second-order valence-electron chi connectivity index (χ2n) is 24.3. The number of carboxylic acids is 2.